The second-order valence-corrected chi connectivity index (χ2v) is 10.3. The molecule has 8 nitrogen and oxygen atoms in total. The van der Waals surface area contributed by atoms with Crippen LogP contribution >= 0.6 is 0 Å². The second kappa shape index (κ2) is 9.49. The van der Waals surface area contributed by atoms with Gasteiger partial charge >= 0.3 is 0 Å². The summed E-state index contributed by atoms with van der Waals surface area (Å²) in [6.45, 7) is 4.99. The number of halogens is 1. The number of aromatic nitrogens is 3. The molecule has 1 aromatic carbocycles. The molecule has 2 N–H and O–H groups in total. The van der Waals surface area contributed by atoms with Gasteiger partial charge in [0.25, 0.3) is 5.91 Å². The third-order valence-corrected chi connectivity index (χ3v) is 7.93. The van der Waals surface area contributed by atoms with Crippen molar-refractivity contribution in [3.63, 3.8) is 0 Å². The van der Waals surface area contributed by atoms with E-state index in [0.717, 1.165) is 73.3 Å². The number of imidazole rings is 1. The van der Waals surface area contributed by atoms with Gasteiger partial charge in [0.2, 0.25) is 0 Å². The van der Waals surface area contributed by atoms with Crippen LogP contribution in [0.1, 0.15) is 52.4 Å². The second-order valence-electron chi connectivity index (χ2n) is 10.3. The van der Waals surface area contributed by atoms with E-state index < -0.39 is 0 Å². The molecule has 9 heteroatoms. The number of nitrogens with zero attached hydrogens (tertiary/aromatic N) is 4. The number of anilines is 2. The van der Waals surface area contributed by atoms with Crippen molar-refractivity contribution in [2.24, 2.45) is 0 Å². The molecule has 4 aromatic rings. The number of pyridine rings is 2. The zero-order chi connectivity index (χ0) is 25.6. The molecule has 0 aliphatic carbocycles. The highest BCUT2D eigenvalue weighted by atomic mass is 19.1. The predicted molar refractivity (Wildman–Crippen MR) is 142 cm³/mol. The van der Waals surface area contributed by atoms with Crippen LogP contribution in [0.2, 0.25) is 0 Å². The molecule has 38 heavy (non-hydrogen) atoms. The number of nitrogens with one attached hydrogen (secondary N) is 2. The van der Waals surface area contributed by atoms with Gasteiger partial charge in [0.1, 0.15) is 17.3 Å². The number of likely N-dealkylation sites (tertiary alicyclic amines) is 1. The average molecular weight is 513 g/mol. The predicted octanol–water partition coefficient (Wildman–Crippen LogP) is 4.62. The number of hydrogen-bond donors (Lipinski definition) is 2. The zero-order valence-corrected chi connectivity index (χ0v) is 21.0. The number of ether oxygens (including phenoxy) is 1. The SMILES string of the molecule is O=C1NCc2c(-c3cnc4cc(F)ccn34)ccc(Nc3ccc([C@H]4CCOC4)c(CN4CCCC4)n3)c21. The molecule has 0 bridgehead atoms. The van der Waals surface area contributed by atoms with Crippen molar-refractivity contribution in [1.29, 1.82) is 0 Å². The lowest BCUT2D eigenvalue weighted by atomic mass is 9.96. The van der Waals surface area contributed by atoms with Gasteiger partial charge in [0.15, 0.2) is 0 Å². The smallest absolute Gasteiger partial charge is 0.254 e. The van der Waals surface area contributed by atoms with Crippen molar-refractivity contribution in [1.82, 2.24) is 24.6 Å². The first-order valence-electron chi connectivity index (χ1n) is 13.3. The molecule has 1 amide bonds. The van der Waals surface area contributed by atoms with E-state index in [-0.39, 0.29) is 11.7 Å². The number of amides is 1. The van der Waals surface area contributed by atoms with Gasteiger partial charge in [-0.2, -0.15) is 0 Å². The van der Waals surface area contributed by atoms with Gasteiger partial charge in [-0.25, -0.2) is 14.4 Å². The van der Waals surface area contributed by atoms with E-state index in [2.05, 4.69) is 26.6 Å². The molecule has 3 aromatic heterocycles. The highest BCUT2D eigenvalue weighted by Crippen LogP contribution is 2.36. The van der Waals surface area contributed by atoms with E-state index >= 15 is 0 Å². The number of fused-ring (bicyclic) bond motifs is 2. The fourth-order valence-corrected chi connectivity index (χ4v) is 6.00. The van der Waals surface area contributed by atoms with Crippen LogP contribution in [0.4, 0.5) is 15.9 Å². The minimum Gasteiger partial charge on any atom is -0.381 e. The van der Waals surface area contributed by atoms with Crippen LogP contribution in [0.3, 0.4) is 0 Å². The van der Waals surface area contributed by atoms with Crippen LogP contribution < -0.4 is 10.6 Å². The molecule has 1 atom stereocenters. The standard InChI is InChI=1S/C29H29FN6O2/c30-19-7-11-36-25(15-31-27(36)13-19)21-3-5-23(28-22(21)14-32-29(28)37)33-26-6-4-20(18-8-12-38-17-18)24(34-26)16-35-9-1-2-10-35/h3-7,11,13,15,18H,1-2,8-10,12,14,16-17H2,(H,32,37)(H,33,34)/t18-/m0/s1. The largest absolute Gasteiger partial charge is 0.381 e. The quantitative estimate of drug-likeness (QED) is 0.392. The highest BCUT2D eigenvalue weighted by molar-refractivity contribution is 6.06. The Kier molecular flexibility index (Phi) is 5.82. The maximum absolute atomic E-state index is 13.7. The molecule has 2 fully saturated rings. The molecular weight excluding hydrogens is 483 g/mol. The maximum atomic E-state index is 13.7. The Morgan fingerprint density at radius 3 is 2.89 bits per heavy atom. The van der Waals surface area contributed by atoms with Crippen molar-refractivity contribution in [2.45, 2.75) is 38.3 Å². The molecule has 0 spiro atoms. The first-order valence-corrected chi connectivity index (χ1v) is 13.3. The summed E-state index contributed by atoms with van der Waals surface area (Å²) in [6, 6.07) is 10.9. The summed E-state index contributed by atoms with van der Waals surface area (Å²) in [5.74, 6) is 0.643. The van der Waals surface area contributed by atoms with Crippen LogP contribution in [-0.2, 0) is 17.8 Å². The van der Waals surface area contributed by atoms with Crippen molar-refractivity contribution in [2.75, 3.05) is 31.6 Å². The molecule has 194 valence electrons. The molecular formula is C29H29FN6O2. The van der Waals surface area contributed by atoms with Crippen molar-refractivity contribution in [3.8, 4) is 11.3 Å². The van der Waals surface area contributed by atoms with Crippen molar-refractivity contribution < 1.29 is 13.9 Å². The van der Waals surface area contributed by atoms with Crippen LogP contribution in [0.25, 0.3) is 16.9 Å². The normalized spacial score (nSPS) is 19.3. The minimum absolute atomic E-state index is 0.124. The van der Waals surface area contributed by atoms with Gasteiger partial charge in [-0.3, -0.25) is 14.1 Å². The molecule has 3 aliphatic rings. The lowest BCUT2D eigenvalue weighted by molar-refractivity contribution is 0.0966. The van der Waals surface area contributed by atoms with Crippen LogP contribution in [0, 0.1) is 5.82 Å². The van der Waals surface area contributed by atoms with E-state index in [1.54, 1.807) is 12.4 Å². The van der Waals surface area contributed by atoms with E-state index in [9.17, 15) is 9.18 Å². The summed E-state index contributed by atoms with van der Waals surface area (Å²) in [7, 11) is 0. The Balaban J connectivity index is 1.24. The number of benzene rings is 1. The average Bonchev–Trinajstić information content (AvgIpc) is 3.73. The van der Waals surface area contributed by atoms with Gasteiger partial charge in [-0.1, -0.05) is 12.1 Å². The summed E-state index contributed by atoms with van der Waals surface area (Å²) >= 11 is 0. The molecule has 0 radical (unpaired) electrons. The molecule has 3 aliphatic heterocycles. The summed E-state index contributed by atoms with van der Waals surface area (Å²) < 4.78 is 21.2. The fraction of sp³-hybridized carbons (Fsp3) is 0.345. The molecule has 0 saturated carbocycles. The minimum atomic E-state index is -0.334. The Hall–Kier alpha value is -3.82. The van der Waals surface area contributed by atoms with E-state index in [1.165, 1.54) is 30.5 Å². The van der Waals surface area contributed by atoms with Gasteiger partial charge in [-0.05, 0) is 61.7 Å². The summed E-state index contributed by atoms with van der Waals surface area (Å²) in [4.78, 5) is 24.9. The van der Waals surface area contributed by atoms with E-state index in [0.29, 0.717) is 23.7 Å². The van der Waals surface area contributed by atoms with Crippen molar-refractivity contribution >= 4 is 23.1 Å². The summed E-state index contributed by atoms with van der Waals surface area (Å²) in [5, 5.41) is 6.41. The summed E-state index contributed by atoms with van der Waals surface area (Å²) in [6.07, 6.45) is 6.87. The lowest BCUT2D eigenvalue weighted by Gasteiger charge is -2.20. The van der Waals surface area contributed by atoms with Crippen LogP contribution in [-0.4, -0.2) is 51.5 Å². The third kappa shape index (κ3) is 4.12. The van der Waals surface area contributed by atoms with Gasteiger partial charge in [0.05, 0.1) is 35.4 Å². The Bertz CT molecular complexity index is 1540. The topological polar surface area (TPSA) is 83.8 Å². The highest BCUT2D eigenvalue weighted by Gasteiger charge is 2.28. The van der Waals surface area contributed by atoms with Gasteiger partial charge in [-0.15, -0.1) is 0 Å². The molecule has 6 heterocycles. The summed E-state index contributed by atoms with van der Waals surface area (Å²) in [5.41, 5.74) is 6.80. The molecule has 7 rings (SSSR count). The third-order valence-electron chi connectivity index (χ3n) is 7.93. The molecule has 2 saturated heterocycles. The number of rotatable bonds is 6. The number of hydrogen-bond acceptors (Lipinski definition) is 6. The Morgan fingerprint density at radius 1 is 1.16 bits per heavy atom. The Labute approximate surface area is 219 Å². The monoisotopic (exact) mass is 512 g/mol. The van der Waals surface area contributed by atoms with Crippen LogP contribution in [0.5, 0.6) is 0 Å². The van der Waals surface area contributed by atoms with Crippen LogP contribution in [0.15, 0.2) is 48.8 Å². The van der Waals surface area contributed by atoms with Gasteiger partial charge < -0.3 is 15.4 Å². The lowest BCUT2D eigenvalue weighted by Crippen LogP contribution is -2.21. The zero-order valence-electron chi connectivity index (χ0n) is 21.0. The van der Waals surface area contributed by atoms with Gasteiger partial charge in [0, 0.05) is 43.4 Å². The number of carbonyl (C=O) groups is 1. The first kappa shape index (κ1) is 23.3. The number of carbonyl (C=O) groups excluding carboxylic acids is 1. The van der Waals surface area contributed by atoms with Crippen molar-refractivity contribution in [3.05, 3.63) is 77.0 Å². The van der Waals surface area contributed by atoms with E-state index in [4.69, 9.17) is 9.72 Å². The Morgan fingerprint density at radius 2 is 2.05 bits per heavy atom. The van der Waals surface area contributed by atoms with E-state index in [1.807, 2.05) is 22.6 Å². The fourth-order valence-electron chi connectivity index (χ4n) is 6.00. The first-order chi connectivity index (χ1) is 18.6. The molecule has 0 unspecified atom stereocenters. The maximum Gasteiger partial charge on any atom is 0.254 e.